The molecule has 0 amide bonds. The number of thioether (sulfide) groups is 1. The first kappa shape index (κ1) is 10.1. The van der Waals surface area contributed by atoms with Crippen LogP contribution in [0, 0.1) is 0 Å². The molecule has 1 saturated heterocycles. The highest BCUT2D eigenvalue weighted by Gasteiger charge is 2.11. The average molecular weight is 185 g/mol. The zero-order valence-corrected chi connectivity index (χ0v) is 8.48. The van der Waals surface area contributed by atoms with E-state index in [-0.39, 0.29) is 0 Å². The molecule has 0 aromatic heterocycles. The Morgan fingerprint density at radius 3 is 2.92 bits per heavy atom. The van der Waals surface area contributed by atoms with E-state index in [2.05, 4.69) is 23.9 Å². The van der Waals surface area contributed by atoms with Crippen LogP contribution in [0.3, 0.4) is 0 Å². The Balaban J connectivity index is 2.04. The molecule has 0 saturated carbocycles. The summed E-state index contributed by atoms with van der Waals surface area (Å²) in [5, 5.41) is 0.896. The highest BCUT2D eigenvalue weighted by Crippen LogP contribution is 2.27. The third kappa shape index (κ3) is 4.17. The maximum atomic E-state index is 5.39. The van der Waals surface area contributed by atoms with Gasteiger partial charge in [0.2, 0.25) is 0 Å². The van der Waals surface area contributed by atoms with Crippen LogP contribution < -0.4 is 5.73 Å². The molecule has 2 N–H and O–H groups in total. The normalized spacial score (nSPS) is 24.9. The van der Waals surface area contributed by atoms with Crippen LogP contribution in [0.25, 0.3) is 0 Å². The van der Waals surface area contributed by atoms with Crippen molar-refractivity contribution in [1.82, 2.24) is 0 Å². The van der Waals surface area contributed by atoms with E-state index in [9.17, 15) is 0 Å². The molecule has 0 aromatic carbocycles. The minimum absolute atomic E-state index is 0.786. The van der Waals surface area contributed by atoms with E-state index in [0.29, 0.717) is 0 Å². The summed E-state index contributed by atoms with van der Waals surface area (Å²) in [7, 11) is 0. The molecule has 0 spiro atoms. The fraction of sp³-hybridized carbons (Fsp3) is 0.800. The van der Waals surface area contributed by atoms with Gasteiger partial charge in [0.05, 0.1) is 0 Å². The molecule has 1 heterocycles. The van der Waals surface area contributed by atoms with E-state index in [1.54, 1.807) is 0 Å². The molecule has 0 radical (unpaired) electrons. The Morgan fingerprint density at radius 2 is 2.25 bits per heavy atom. The topological polar surface area (TPSA) is 26.0 Å². The van der Waals surface area contributed by atoms with Crippen molar-refractivity contribution in [3.8, 4) is 0 Å². The van der Waals surface area contributed by atoms with Gasteiger partial charge in [0.1, 0.15) is 0 Å². The molecule has 1 atom stereocenters. The molecule has 2 heteroatoms. The summed E-state index contributed by atoms with van der Waals surface area (Å²) in [5.41, 5.74) is 5.39. The van der Waals surface area contributed by atoms with Crippen LogP contribution in [0.2, 0.25) is 0 Å². The van der Waals surface area contributed by atoms with E-state index >= 15 is 0 Å². The maximum Gasteiger partial charge on any atom is 0.00815 e. The van der Waals surface area contributed by atoms with Crippen LogP contribution in [0.4, 0.5) is 0 Å². The summed E-state index contributed by atoms with van der Waals surface area (Å²) < 4.78 is 0. The van der Waals surface area contributed by atoms with Gasteiger partial charge in [-0.15, -0.1) is 0 Å². The van der Waals surface area contributed by atoms with E-state index in [0.717, 1.165) is 18.2 Å². The zero-order chi connectivity index (χ0) is 8.65. The molecular weight excluding hydrogens is 166 g/mol. The van der Waals surface area contributed by atoms with Crippen LogP contribution >= 0.6 is 11.8 Å². The zero-order valence-electron chi connectivity index (χ0n) is 7.67. The molecule has 1 rings (SSSR count). The molecule has 1 aliphatic heterocycles. The molecule has 0 bridgehead atoms. The first-order valence-corrected chi connectivity index (χ1v) is 5.95. The lowest BCUT2D eigenvalue weighted by molar-refractivity contribution is 0.667. The van der Waals surface area contributed by atoms with Gasteiger partial charge in [-0.3, -0.25) is 0 Å². The standard InChI is InChI=1S/C10H19NS/c11-8-4-1-2-6-10-7-3-5-9-12-10/h1-2,10H,3-9,11H2/b2-1-. The van der Waals surface area contributed by atoms with E-state index < -0.39 is 0 Å². The van der Waals surface area contributed by atoms with Gasteiger partial charge in [-0.25, -0.2) is 0 Å². The highest BCUT2D eigenvalue weighted by molar-refractivity contribution is 7.99. The van der Waals surface area contributed by atoms with Crippen molar-refractivity contribution in [3.63, 3.8) is 0 Å². The van der Waals surface area contributed by atoms with Gasteiger partial charge in [-0.05, 0) is 38.0 Å². The highest BCUT2D eigenvalue weighted by atomic mass is 32.2. The molecular formula is C10H19NS. The Labute approximate surface area is 79.8 Å². The lowest BCUT2D eigenvalue weighted by atomic mass is 10.1. The van der Waals surface area contributed by atoms with Crippen LogP contribution in [0.1, 0.15) is 32.1 Å². The molecule has 1 fully saturated rings. The summed E-state index contributed by atoms with van der Waals surface area (Å²) in [6, 6.07) is 0. The van der Waals surface area contributed by atoms with Gasteiger partial charge in [-0.2, -0.15) is 11.8 Å². The number of hydrogen-bond donors (Lipinski definition) is 1. The van der Waals surface area contributed by atoms with Crippen molar-refractivity contribution in [2.75, 3.05) is 12.3 Å². The van der Waals surface area contributed by atoms with E-state index in [4.69, 9.17) is 5.73 Å². The second kappa shape index (κ2) is 6.55. The van der Waals surface area contributed by atoms with Crippen molar-refractivity contribution in [2.24, 2.45) is 5.73 Å². The van der Waals surface area contributed by atoms with Crippen molar-refractivity contribution >= 4 is 11.8 Å². The fourth-order valence-electron chi connectivity index (χ4n) is 1.46. The predicted octanol–water partition coefficient (Wildman–Crippen LogP) is 2.57. The third-order valence-electron chi connectivity index (χ3n) is 2.17. The van der Waals surface area contributed by atoms with Gasteiger partial charge in [0.25, 0.3) is 0 Å². The summed E-state index contributed by atoms with van der Waals surface area (Å²) in [6.45, 7) is 0.786. The maximum absolute atomic E-state index is 5.39. The van der Waals surface area contributed by atoms with Crippen LogP contribution in [0.15, 0.2) is 12.2 Å². The summed E-state index contributed by atoms with van der Waals surface area (Å²) in [5.74, 6) is 1.37. The lowest BCUT2D eigenvalue weighted by Crippen LogP contribution is -2.07. The Morgan fingerprint density at radius 1 is 1.33 bits per heavy atom. The summed E-state index contributed by atoms with van der Waals surface area (Å²) >= 11 is 2.14. The minimum Gasteiger partial charge on any atom is -0.330 e. The molecule has 70 valence electrons. The van der Waals surface area contributed by atoms with Gasteiger partial charge >= 0.3 is 0 Å². The SMILES string of the molecule is NCC/C=C\CC1CCCCS1. The first-order chi connectivity index (χ1) is 5.93. The number of allylic oxidation sites excluding steroid dienone is 1. The van der Waals surface area contributed by atoms with Crippen LogP contribution in [0.5, 0.6) is 0 Å². The third-order valence-corrected chi connectivity index (χ3v) is 3.60. The van der Waals surface area contributed by atoms with Crippen LogP contribution in [-0.4, -0.2) is 17.5 Å². The summed E-state index contributed by atoms with van der Waals surface area (Å²) in [4.78, 5) is 0. The molecule has 1 nitrogen and oxygen atoms in total. The molecule has 1 aliphatic rings. The van der Waals surface area contributed by atoms with Gasteiger partial charge in [0, 0.05) is 5.25 Å². The van der Waals surface area contributed by atoms with Crippen molar-refractivity contribution in [1.29, 1.82) is 0 Å². The quantitative estimate of drug-likeness (QED) is 0.681. The van der Waals surface area contributed by atoms with Gasteiger partial charge in [0.15, 0.2) is 0 Å². The smallest absolute Gasteiger partial charge is 0.00815 e. The number of nitrogens with two attached hydrogens (primary N) is 1. The Kier molecular flexibility index (Phi) is 5.53. The lowest BCUT2D eigenvalue weighted by Gasteiger charge is -2.19. The Bertz CT molecular complexity index is 128. The van der Waals surface area contributed by atoms with Crippen LogP contribution in [-0.2, 0) is 0 Å². The minimum atomic E-state index is 0.786. The summed E-state index contributed by atoms with van der Waals surface area (Å²) in [6.07, 6.45) is 11.1. The fourth-order valence-corrected chi connectivity index (χ4v) is 2.74. The largest absolute Gasteiger partial charge is 0.330 e. The van der Waals surface area contributed by atoms with Crippen molar-refractivity contribution in [3.05, 3.63) is 12.2 Å². The van der Waals surface area contributed by atoms with Crippen molar-refractivity contribution in [2.45, 2.75) is 37.4 Å². The van der Waals surface area contributed by atoms with Gasteiger partial charge < -0.3 is 5.73 Å². The number of rotatable bonds is 4. The molecule has 0 aliphatic carbocycles. The average Bonchev–Trinajstić information content (AvgIpc) is 2.14. The second-order valence-electron chi connectivity index (χ2n) is 3.27. The van der Waals surface area contributed by atoms with Gasteiger partial charge in [-0.1, -0.05) is 18.6 Å². The second-order valence-corrected chi connectivity index (χ2v) is 4.68. The monoisotopic (exact) mass is 185 g/mol. The first-order valence-electron chi connectivity index (χ1n) is 4.90. The number of hydrogen-bond acceptors (Lipinski definition) is 2. The molecule has 0 aromatic rings. The Hall–Kier alpha value is 0.0500. The molecule has 1 unspecified atom stereocenters. The van der Waals surface area contributed by atoms with E-state index in [1.165, 1.54) is 31.4 Å². The predicted molar refractivity (Wildman–Crippen MR) is 57.5 cm³/mol. The van der Waals surface area contributed by atoms with Crippen molar-refractivity contribution < 1.29 is 0 Å². The van der Waals surface area contributed by atoms with E-state index in [1.807, 2.05) is 0 Å². The molecule has 12 heavy (non-hydrogen) atoms.